The van der Waals surface area contributed by atoms with E-state index in [2.05, 4.69) is 42.4 Å². The predicted octanol–water partition coefficient (Wildman–Crippen LogP) is 3.42. The molecule has 1 aliphatic heterocycles. The zero-order valence-electron chi connectivity index (χ0n) is 23.9. The number of benzene rings is 2. The van der Waals surface area contributed by atoms with E-state index in [0.29, 0.717) is 11.4 Å². The minimum absolute atomic E-state index is 0.0531. The Labute approximate surface area is 244 Å². The average molecular weight is 596 g/mol. The molecule has 1 aliphatic rings. The molecule has 2 aromatic heterocycles. The summed E-state index contributed by atoms with van der Waals surface area (Å²) in [5.41, 5.74) is 3.44. The summed E-state index contributed by atoms with van der Waals surface area (Å²) in [6, 6.07) is 9.28. The molecule has 3 N–H and O–H groups in total. The average Bonchev–Trinajstić information content (AvgIpc) is 3.39. The number of carbonyl (C=O) groups is 1. The molecule has 0 unspecified atom stereocenters. The molecule has 0 saturated carbocycles. The van der Waals surface area contributed by atoms with Crippen molar-refractivity contribution in [3.05, 3.63) is 60.2 Å². The third kappa shape index (κ3) is 6.14. The smallest absolute Gasteiger partial charge is 0.244 e. The van der Waals surface area contributed by atoms with Gasteiger partial charge in [0.2, 0.25) is 11.9 Å². The summed E-state index contributed by atoms with van der Waals surface area (Å²) in [7, 11) is -0.0904. The van der Waals surface area contributed by atoms with Gasteiger partial charge in [-0.3, -0.25) is 9.69 Å². The number of anilines is 3. The van der Waals surface area contributed by atoms with Gasteiger partial charge in [0.05, 0.1) is 29.2 Å². The van der Waals surface area contributed by atoms with Gasteiger partial charge in [0.25, 0.3) is 0 Å². The molecule has 222 valence electrons. The highest BCUT2D eigenvalue weighted by Gasteiger charge is 2.29. The number of carbonyl (C=O) groups excluding carboxylic acids is 1. The number of methoxy groups -OCH3 is 1. The number of piperazine rings is 1. The number of H-pyrrole nitrogens is 1. The number of aromatic nitrogens is 3. The van der Waals surface area contributed by atoms with Crippen LogP contribution in [0.15, 0.2) is 53.7 Å². The van der Waals surface area contributed by atoms with Crippen molar-refractivity contribution in [1.82, 2.24) is 24.8 Å². The van der Waals surface area contributed by atoms with Crippen LogP contribution in [0.2, 0.25) is 0 Å². The summed E-state index contributed by atoms with van der Waals surface area (Å²) >= 11 is 0. The van der Waals surface area contributed by atoms with Crippen molar-refractivity contribution >= 4 is 44.0 Å². The Morgan fingerprint density at radius 3 is 2.57 bits per heavy atom. The fourth-order valence-corrected chi connectivity index (χ4v) is 5.86. The second-order valence-corrected chi connectivity index (χ2v) is 12.5. The maximum absolute atomic E-state index is 15.0. The van der Waals surface area contributed by atoms with Crippen molar-refractivity contribution in [2.24, 2.45) is 0 Å². The van der Waals surface area contributed by atoms with Crippen LogP contribution >= 0.6 is 0 Å². The van der Waals surface area contributed by atoms with Crippen LogP contribution in [-0.2, 0) is 19.4 Å². The van der Waals surface area contributed by atoms with Gasteiger partial charge in [-0.25, -0.2) is 22.8 Å². The van der Waals surface area contributed by atoms with Crippen molar-refractivity contribution in [2.75, 3.05) is 63.8 Å². The van der Waals surface area contributed by atoms with E-state index in [1.807, 2.05) is 25.1 Å². The number of sulfone groups is 1. The van der Waals surface area contributed by atoms with E-state index < -0.39 is 26.6 Å². The molecule has 1 saturated heterocycles. The Balaban J connectivity index is 1.43. The molecule has 1 fully saturated rings. The number of fused-ring (bicyclic) bond motifs is 1. The number of hydrogen-bond donors (Lipinski definition) is 3. The van der Waals surface area contributed by atoms with E-state index in [1.165, 1.54) is 18.2 Å². The first-order valence-corrected chi connectivity index (χ1v) is 15.4. The van der Waals surface area contributed by atoms with E-state index in [0.717, 1.165) is 54.5 Å². The van der Waals surface area contributed by atoms with Gasteiger partial charge in [-0.05, 0) is 37.7 Å². The topological polar surface area (TPSA) is 133 Å². The third-order valence-corrected chi connectivity index (χ3v) is 8.53. The molecule has 3 heterocycles. The van der Waals surface area contributed by atoms with Crippen LogP contribution in [0.3, 0.4) is 0 Å². The number of nitrogens with one attached hydrogen (secondary N) is 3. The van der Waals surface area contributed by atoms with Crippen molar-refractivity contribution in [1.29, 1.82) is 0 Å². The van der Waals surface area contributed by atoms with Gasteiger partial charge in [0.15, 0.2) is 15.7 Å². The van der Waals surface area contributed by atoms with Crippen LogP contribution in [0.4, 0.5) is 21.7 Å². The van der Waals surface area contributed by atoms with Crippen LogP contribution in [0, 0.1) is 12.7 Å². The Bertz CT molecular complexity index is 1720. The van der Waals surface area contributed by atoms with E-state index in [4.69, 9.17) is 4.74 Å². The highest BCUT2D eigenvalue weighted by Crippen LogP contribution is 2.34. The van der Waals surface area contributed by atoms with Crippen molar-refractivity contribution in [2.45, 2.75) is 17.9 Å². The Morgan fingerprint density at radius 1 is 1.14 bits per heavy atom. The quantitative estimate of drug-likeness (QED) is 0.266. The Morgan fingerprint density at radius 2 is 1.86 bits per heavy atom. The van der Waals surface area contributed by atoms with Gasteiger partial charge < -0.3 is 25.3 Å². The van der Waals surface area contributed by atoms with Crippen molar-refractivity contribution in [3.63, 3.8) is 0 Å². The molecule has 0 bridgehead atoms. The van der Waals surface area contributed by atoms with Crippen molar-refractivity contribution < 1.29 is 22.3 Å². The summed E-state index contributed by atoms with van der Waals surface area (Å²) in [6.45, 7) is 5.47. The summed E-state index contributed by atoms with van der Waals surface area (Å²) in [5, 5.41) is 6.72. The van der Waals surface area contributed by atoms with Crippen molar-refractivity contribution in [3.8, 4) is 11.3 Å². The fourth-order valence-electron chi connectivity index (χ4n) is 5.10. The molecule has 2 aromatic carbocycles. The zero-order chi connectivity index (χ0) is 30.0. The van der Waals surface area contributed by atoms with Crippen LogP contribution in [0.25, 0.3) is 22.2 Å². The minimum atomic E-state index is -3.75. The van der Waals surface area contributed by atoms with Gasteiger partial charge in [-0.2, -0.15) is 0 Å². The number of amides is 1. The molecule has 0 spiro atoms. The van der Waals surface area contributed by atoms with E-state index in [1.54, 1.807) is 19.5 Å². The maximum atomic E-state index is 15.0. The van der Waals surface area contributed by atoms with Crippen LogP contribution in [0.1, 0.15) is 5.56 Å². The lowest BCUT2D eigenvalue weighted by Crippen LogP contribution is -2.54. The predicted molar refractivity (Wildman–Crippen MR) is 160 cm³/mol. The Kier molecular flexibility index (Phi) is 8.55. The van der Waals surface area contributed by atoms with Gasteiger partial charge in [-0.1, -0.05) is 18.2 Å². The molecule has 13 heteroatoms. The lowest BCUT2D eigenvalue weighted by atomic mass is 10.1. The first-order chi connectivity index (χ1) is 20.1. The van der Waals surface area contributed by atoms with Gasteiger partial charge in [0, 0.05) is 62.9 Å². The number of halogens is 1. The van der Waals surface area contributed by atoms with E-state index in [-0.39, 0.29) is 24.1 Å². The molecular formula is C29H34FN7O4S. The lowest BCUT2D eigenvalue weighted by Gasteiger charge is -2.36. The summed E-state index contributed by atoms with van der Waals surface area (Å²) in [4.78, 5) is 29.6. The molecule has 1 amide bonds. The van der Waals surface area contributed by atoms with Crippen LogP contribution < -0.4 is 10.6 Å². The van der Waals surface area contributed by atoms with Gasteiger partial charge in [-0.15, -0.1) is 0 Å². The molecule has 4 aromatic rings. The standard InChI is InChI=1S/C29H34FN7O4S/c1-18-15-32-29(34-21-8-6-10-24(25(21)30)42(4,39)40)35-26(18)20-16-31-27-19(20)7-5-9-22(27)33-28(38)23(17-41-3)37-13-11-36(2)12-14-37/h5-10,15-16,23,31H,11-14,17H2,1-4H3,(H,33,38)(H,32,34,35)/t23-/m0/s1. The monoisotopic (exact) mass is 595 g/mol. The van der Waals surface area contributed by atoms with E-state index >= 15 is 0 Å². The third-order valence-electron chi connectivity index (χ3n) is 7.42. The minimum Gasteiger partial charge on any atom is -0.383 e. The highest BCUT2D eigenvalue weighted by molar-refractivity contribution is 7.90. The SMILES string of the molecule is COC[C@@H](C(=O)Nc1cccc2c(-c3nc(Nc4cccc(S(C)(=O)=O)c4F)ncc3C)c[nH]c12)N1CCN(C)CC1. The number of para-hydroxylation sites is 1. The Hall–Kier alpha value is -3.91. The number of likely N-dealkylation sites (N-methyl/N-ethyl adjacent to an activating group) is 1. The number of ether oxygens (including phenoxy) is 1. The summed E-state index contributed by atoms with van der Waals surface area (Å²) in [5.74, 6) is -0.941. The number of rotatable bonds is 9. The molecule has 0 aliphatic carbocycles. The second kappa shape index (κ2) is 12.1. The summed E-state index contributed by atoms with van der Waals surface area (Å²) in [6.07, 6.45) is 4.36. The summed E-state index contributed by atoms with van der Waals surface area (Å²) < 4.78 is 44.3. The van der Waals surface area contributed by atoms with Gasteiger partial charge >= 0.3 is 0 Å². The number of aryl methyl sites for hydroxylation is 1. The van der Waals surface area contributed by atoms with Gasteiger partial charge in [0.1, 0.15) is 10.9 Å². The first-order valence-electron chi connectivity index (χ1n) is 13.5. The molecular weight excluding hydrogens is 561 g/mol. The number of aromatic amines is 1. The number of nitrogens with zero attached hydrogens (tertiary/aromatic N) is 4. The molecule has 0 radical (unpaired) electrons. The van der Waals surface area contributed by atoms with Crippen LogP contribution in [0.5, 0.6) is 0 Å². The molecule has 42 heavy (non-hydrogen) atoms. The molecule has 5 rings (SSSR count). The van der Waals surface area contributed by atoms with Crippen LogP contribution in [-0.4, -0.2) is 98.3 Å². The largest absolute Gasteiger partial charge is 0.383 e. The number of hydrogen-bond acceptors (Lipinski definition) is 9. The lowest BCUT2D eigenvalue weighted by molar-refractivity contribution is -0.124. The molecule has 11 nitrogen and oxygen atoms in total. The first kappa shape index (κ1) is 29.6. The molecule has 1 atom stereocenters. The highest BCUT2D eigenvalue weighted by atomic mass is 32.2. The normalized spacial score (nSPS) is 15.5. The zero-order valence-corrected chi connectivity index (χ0v) is 24.8. The van der Waals surface area contributed by atoms with E-state index in [9.17, 15) is 17.6 Å². The fraction of sp³-hybridized carbons (Fsp3) is 0.345. The maximum Gasteiger partial charge on any atom is 0.244 e. The second-order valence-electron chi connectivity index (χ2n) is 10.5.